The molecule has 2 aliphatic heterocycles. The van der Waals surface area contributed by atoms with Crippen LogP contribution in [0.5, 0.6) is 0 Å². The van der Waals surface area contributed by atoms with Gasteiger partial charge in [0.25, 0.3) is 11.8 Å². The van der Waals surface area contributed by atoms with Crippen molar-refractivity contribution in [1.82, 2.24) is 10.2 Å². The number of nitrogens with one attached hydrogen (secondary N) is 1. The Bertz CT molecular complexity index is 486. The molecule has 0 spiro atoms. The summed E-state index contributed by atoms with van der Waals surface area (Å²) < 4.78 is 0. The predicted molar refractivity (Wildman–Crippen MR) is 64.2 cm³/mol. The highest BCUT2D eigenvalue weighted by molar-refractivity contribution is 6.21. The Balaban J connectivity index is 1.88. The van der Waals surface area contributed by atoms with Crippen molar-refractivity contribution in [2.45, 2.75) is 12.0 Å². The minimum absolute atomic E-state index is 0.0619. The van der Waals surface area contributed by atoms with E-state index in [0.717, 1.165) is 4.90 Å². The van der Waals surface area contributed by atoms with E-state index < -0.39 is 5.60 Å². The van der Waals surface area contributed by atoms with Gasteiger partial charge in [-0.05, 0) is 25.1 Å². The van der Waals surface area contributed by atoms with E-state index in [2.05, 4.69) is 5.32 Å². The molecule has 2 heterocycles. The van der Waals surface area contributed by atoms with Crippen molar-refractivity contribution in [3.8, 4) is 0 Å². The van der Waals surface area contributed by atoms with Gasteiger partial charge in [-0.15, -0.1) is 0 Å². The molecule has 3 rings (SSSR count). The van der Waals surface area contributed by atoms with Gasteiger partial charge in [0, 0.05) is 6.54 Å². The van der Waals surface area contributed by atoms with Crippen molar-refractivity contribution < 1.29 is 14.7 Å². The zero-order valence-corrected chi connectivity index (χ0v) is 9.85. The highest BCUT2D eigenvalue weighted by Gasteiger charge is 2.41. The van der Waals surface area contributed by atoms with Crippen LogP contribution in [0, 0.1) is 0 Å². The van der Waals surface area contributed by atoms with E-state index in [4.69, 9.17) is 0 Å². The van der Waals surface area contributed by atoms with Crippen LogP contribution in [-0.2, 0) is 0 Å². The number of carbonyl (C=O) groups excluding carboxylic acids is 2. The number of hydrogen-bond acceptors (Lipinski definition) is 4. The van der Waals surface area contributed by atoms with Crippen LogP contribution in [-0.4, -0.2) is 47.1 Å². The monoisotopic (exact) mass is 246 g/mol. The molecule has 0 aromatic heterocycles. The number of benzene rings is 1. The lowest BCUT2D eigenvalue weighted by Crippen LogP contribution is -2.46. The molecule has 0 aliphatic carbocycles. The maximum absolute atomic E-state index is 12.1. The lowest BCUT2D eigenvalue weighted by molar-refractivity contribution is 0.0205. The molecule has 0 radical (unpaired) electrons. The molecule has 5 heteroatoms. The molecule has 1 atom stereocenters. The first-order chi connectivity index (χ1) is 8.61. The van der Waals surface area contributed by atoms with Gasteiger partial charge >= 0.3 is 0 Å². The Morgan fingerprint density at radius 2 is 1.83 bits per heavy atom. The van der Waals surface area contributed by atoms with Gasteiger partial charge in [0.15, 0.2) is 0 Å². The molecule has 1 unspecified atom stereocenters. The van der Waals surface area contributed by atoms with Crippen molar-refractivity contribution in [3.63, 3.8) is 0 Å². The molecule has 94 valence electrons. The third-order valence-corrected chi connectivity index (χ3v) is 3.55. The van der Waals surface area contributed by atoms with Crippen molar-refractivity contribution in [3.05, 3.63) is 35.4 Å². The Morgan fingerprint density at radius 3 is 2.33 bits per heavy atom. The van der Waals surface area contributed by atoms with Crippen LogP contribution in [0.1, 0.15) is 27.1 Å². The number of aliphatic hydroxyl groups is 1. The molecule has 5 nitrogen and oxygen atoms in total. The van der Waals surface area contributed by atoms with Gasteiger partial charge in [0.05, 0.1) is 23.3 Å². The first kappa shape index (κ1) is 11.4. The van der Waals surface area contributed by atoms with Crippen LogP contribution in [0.2, 0.25) is 0 Å². The highest BCUT2D eigenvalue weighted by Crippen LogP contribution is 2.25. The lowest BCUT2D eigenvalue weighted by atomic mass is 10.0. The van der Waals surface area contributed by atoms with Crippen LogP contribution in [0.15, 0.2) is 24.3 Å². The van der Waals surface area contributed by atoms with Crippen molar-refractivity contribution in [2.24, 2.45) is 0 Å². The molecule has 1 saturated heterocycles. The van der Waals surface area contributed by atoms with E-state index >= 15 is 0 Å². The average Bonchev–Trinajstić information content (AvgIpc) is 2.89. The van der Waals surface area contributed by atoms with E-state index in [9.17, 15) is 14.7 Å². The highest BCUT2D eigenvalue weighted by atomic mass is 16.3. The molecular weight excluding hydrogens is 232 g/mol. The van der Waals surface area contributed by atoms with Crippen LogP contribution >= 0.6 is 0 Å². The quantitative estimate of drug-likeness (QED) is 0.721. The maximum atomic E-state index is 12.1. The first-order valence-electron chi connectivity index (χ1n) is 5.99. The minimum Gasteiger partial charge on any atom is -0.387 e. The Morgan fingerprint density at radius 1 is 1.22 bits per heavy atom. The fourth-order valence-electron chi connectivity index (χ4n) is 2.54. The number of rotatable bonds is 2. The fourth-order valence-corrected chi connectivity index (χ4v) is 2.54. The van der Waals surface area contributed by atoms with Gasteiger partial charge in [-0.25, -0.2) is 0 Å². The van der Waals surface area contributed by atoms with Crippen LogP contribution in [0.4, 0.5) is 0 Å². The number of amides is 2. The summed E-state index contributed by atoms with van der Waals surface area (Å²) in [5.74, 6) is -0.619. The van der Waals surface area contributed by atoms with Gasteiger partial charge < -0.3 is 10.4 Å². The van der Waals surface area contributed by atoms with E-state index in [1.165, 1.54) is 0 Å². The summed E-state index contributed by atoms with van der Waals surface area (Å²) in [6.07, 6.45) is 0.556. The number of fused-ring (bicyclic) bond motifs is 1. The van der Waals surface area contributed by atoms with Crippen LogP contribution in [0.3, 0.4) is 0 Å². The van der Waals surface area contributed by atoms with E-state index in [1.54, 1.807) is 24.3 Å². The average molecular weight is 246 g/mol. The molecule has 2 amide bonds. The topological polar surface area (TPSA) is 69.6 Å². The summed E-state index contributed by atoms with van der Waals surface area (Å²) in [7, 11) is 0. The van der Waals surface area contributed by atoms with Crippen molar-refractivity contribution in [1.29, 1.82) is 0 Å². The normalized spacial score (nSPS) is 26.8. The van der Waals surface area contributed by atoms with Crippen molar-refractivity contribution >= 4 is 11.8 Å². The number of carbonyl (C=O) groups is 2. The molecule has 2 N–H and O–H groups in total. The van der Waals surface area contributed by atoms with Gasteiger partial charge in [0.2, 0.25) is 0 Å². The third kappa shape index (κ3) is 1.63. The molecule has 0 bridgehead atoms. The minimum atomic E-state index is -0.993. The molecule has 0 saturated carbocycles. The van der Waals surface area contributed by atoms with Crippen molar-refractivity contribution in [2.75, 3.05) is 19.6 Å². The van der Waals surface area contributed by atoms with Gasteiger partial charge in [-0.3, -0.25) is 14.5 Å². The molecule has 1 aromatic rings. The van der Waals surface area contributed by atoms with Crippen LogP contribution < -0.4 is 5.32 Å². The predicted octanol–water partition coefficient (Wildman–Crippen LogP) is 0.00700. The summed E-state index contributed by atoms with van der Waals surface area (Å²) in [4.78, 5) is 25.4. The number of β-amino-alcohol motifs (C(OH)–C–C–N with tert-alkyl or cyclic N) is 1. The first-order valence-corrected chi connectivity index (χ1v) is 5.99. The van der Waals surface area contributed by atoms with Gasteiger partial charge in [-0.2, -0.15) is 0 Å². The summed E-state index contributed by atoms with van der Waals surface area (Å²) in [5, 5.41) is 13.3. The standard InChI is InChI=1S/C13H14N2O3/c16-11-9-3-1-2-4-10(9)12(17)15(11)8-13(18)5-6-14-7-13/h1-4,14,18H,5-8H2. The third-order valence-electron chi connectivity index (χ3n) is 3.55. The maximum Gasteiger partial charge on any atom is 0.261 e. The van der Waals surface area contributed by atoms with E-state index in [0.29, 0.717) is 30.6 Å². The SMILES string of the molecule is O=C1c2ccccc2C(=O)N1CC1(O)CCNC1. The second-order valence-electron chi connectivity index (χ2n) is 4.89. The zero-order chi connectivity index (χ0) is 12.8. The Kier molecular flexibility index (Phi) is 2.46. The van der Waals surface area contributed by atoms with Crippen LogP contribution in [0.25, 0.3) is 0 Å². The molecule has 2 aliphatic rings. The summed E-state index contributed by atoms with van der Waals surface area (Å²) in [5.41, 5.74) is -0.137. The second kappa shape index (κ2) is 3.90. The zero-order valence-electron chi connectivity index (χ0n) is 9.85. The van der Waals surface area contributed by atoms with E-state index in [1.807, 2.05) is 0 Å². The lowest BCUT2D eigenvalue weighted by Gasteiger charge is -2.26. The number of hydrogen-bond donors (Lipinski definition) is 2. The summed E-state index contributed by atoms with van der Waals surface area (Å²) >= 11 is 0. The molecule has 18 heavy (non-hydrogen) atoms. The van der Waals surface area contributed by atoms with E-state index in [-0.39, 0.29) is 18.4 Å². The number of imide groups is 1. The Hall–Kier alpha value is -1.72. The molecule has 1 aromatic carbocycles. The smallest absolute Gasteiger partial charge is 0.261 e. The summed E-state index contributed by atoms with van der Waals surface area (Å²) in [6, 6.07) is 6.76. The fraction of sp³-hybridized carbons (Fsp3) is 0.385. The van der Waals surface area contributed by atoms with Gasteiger partial charge in [0.1, 0.15) is 0 Å². The molecular formula is C13H14N2O3. The second-order valence-corrected chi connectivity index (χ2v) is 4.89. The number of nitrogens with zero attached hydrogens (tertiary/aromatic N) is 1. The Labute approximate surface area is 104 Å². The molecule has 1 fully saturated rings. The summed E-state index contributed by atoms with van der Waals surface area (Å²) in [6.45, 7) is 1.19. The van der Waals surface area contributed by atoms with Gasteiger partial charge in [-0.1, -0.05) is 12.1 Å². The largest absolute Gasteiger partial charge is 0.387 e.